The van der Waals surface area contributed by atoms with E-state index in [9.17, 15) is 9.59 Å². The van der Waals surface area contributed by atoms with E-state index in [0.717, 1.165) is 34.5 Å². The van der Waals surface area contributed by atoms with Gasteiger partial charge < -0.3 is 9.30 Å². The topological polar surface area (TPSA) is 61.2 Å². The van der Waals surface area contributed by atoms with E-state index in [1.807, 2.05) is 12.3 Å². The van der Waals surface area contributed by atoms with Crippen LogP contribution < -0.4 is 0 Å². The number of aromatic nitrogens is 2. The van der Waals surface area contributed by atoms with Crippen LogP contribution in [0.2, 0.25) is 5.02 Å². The fraction of sp³-hybridized carbons (Fsp3) is 0.348. The van der Waals surface area contributed by atoms with E-state index in [1.165, 1.54) is 6.92 Å². The van der Waals surface area contributed by atoms with Gasteiger partial charge in [-0.1, -0.05) is 18.5 Å². The van der Waals surface area contributed by atoms with Gasteiger partial charge in [0.05, 0.1) is 11.3 Å². The van der Waals surface area contributed by atoms with E-state index < -0.39 is 6.10 Å². The highest BCUT2D eigenvalue weighted by atomic mass is 35.5. The molecule has 1 aromatic carbocycles. The Labute approximate surface area is 184 Å². The van der Waals surface area contributed by atoms with E-state index in [1.54, 1.807) is 42.2 Å². The molecule has 3 heterocycles. The number of carbonyl (C=O) groups excluding carboxylic acids is 2. The molecule has 0 N–H and O–H groups in total. The van der Waals surface area contributed by atoms with Crippen LogP contribution in [0.15, 0.2) is 41.4 Å². The molecule has 2 atom stereocenters. The third-order valence-corrected chi connectivity index (χ3v) is 6.68. The Morgan fingerprint density at radius 1 is 1.23 bits per heavy atom. The van der Waals surface area contributed by atoms with Crippen LogP contribution in [0.25, 0.3) is 11.0 Å². The molecule has 0 aliphatic carbocycles. The molecule has 3 aromatic rings. The number of ether oxygens (including phenoxy) is 1. The highest BCUT2D eigenvalue weighted by molar-refractivity contribution is 7.98. The summed E-state index contributed by atoms with van der Waals surface area (Å²) in [7, 11) is 0. The van der Waals surface area contributed by atoms with Crippen molar-refractivity contribution in [3.05, 3.63) is 58.4 Å². The van der Waals surface area contributed by atoms with E-state index in [4.69, 9.17) is 16.3 Å². The molecule has 0 amide bonds. The van der Waals surface area contributed by atoms with E-state index in [2.05, 4.69) is 16.5 Å². The quantitative estimate of drug-likeness (QED) is 0.276. The Bertz CT molecular complexity index is 1120. The maximum absolute atomic E-state index is 13.8. The molecular formula is C23H23ClN2O3S. The lowest BCUT2D eigenvalue weighted by molar-refractivity contribution is -0.148. The van der Waals surface area contributed by atoms with Gasteiger partial charge in [-0.25, -0.2) is 4.98 Å². The number of carbonyl (C=O) groups is 2. The monoisotopic (exact) mass is 442 g/mol. The molecule has 1 aliphatic heterocycles. The molecule has 0 fully saturated rings. The SMILES string of the molecule is CCC1CCC(OC(C)=O)c2c(C(=O)c3ccc(Cl)cc3)c3c(SC)ccnc3n21. The average Bonchev–Trinajstić information content (AvgIpc) is 3.10. The van der Waals surface area contributed by atoms with Crippen LogP contribution in [-0.4, -0.2) is 27.6 Å². The Hall–Kier alpha value is -2.31. The smallest absolute Gasteiger partial charge is 0.303 e. The number of rotatable bonds is 5. The average molecular weight is 443 g/mol. The van der Waals surface area contributed by atoms with Gasteiger partial charge in [0.1, 0.15) is 11.8 Å². The van der Waals surface area contributed by atoms with Crippen molar-refractivity contribution in [1.29, 1.82) is 0 Å². The van der Waals surface area contributed by atoms with Crippen molar-refractivity contribution in [2.45, 2.75) is 50.2 Å². The molecule has 0 bridgehead atoms. The Balaban J connectivity index is 2.05. The molecule has 0 saturated carbocycles. The number of halogens is 1. The number of hydrogen-bond donors (Lipinski definition) is 0. The van der Waals surface area contributed by atoms with Gasteiger partial charge in [-0.05, 0) is 55.9 Å². The van der Waals surface area contributed by atoms with Gasteiger partial charge in [-0.15, -0.1) is 11.8 Å². The number of fused-ring (bicyclic) bond motifs is 3. The van der Waals surface area contributed by atoms with Crippen LogP contribution in [0, 0.1) is 0 Å². The third-order valence-electron chi connectivity index (χ3n) is 5.65. The highest BCUT2D eigenvalue weighted by Crippen LogP contribution is 2.45. The second-order valence-corrected chi connectivity index (χ2v) is 8.70. The Morgan fingerprint density at radius 3 is 2.60 bits per heavy atom. The summed E-state index contributed by atoms with van der Waals surface area (Å²) in [4.78, 5) is 31.3. The molecule has 0 radical (unpaired) electrons. The van der Waals surface area contributed by atoms with E-state index in [-0.39, 0.29) is 17.8 Å². The maximum Gasteiger partial charge on any atom is 0.303 e. The summed E-state index contributed by atoms with van der Waals surface area (Å²) in [5.74, 6) is -0.461. The zero-order chi connectivity index (χ0) is 21.4. The fourth-order valence-electron chi connectivity index (χ4n) is 4.36. The second-order valence-electron chi connectivity index (χ2n) is 7.42. The molecule has 0 saturated heterocycles. The van der Waals surface area contributed by atoms with Gasteiger partial charge in [0.15, 0.2) is 5.78 Å². The number of hydrogen-bond acceptors (Lipinski definition) is 5. The molecule has 4 rings (SSSR count). The largest absolute Gasteiger partial charge is 0.456 e. The first-order chi connectivity index (χ1) is 14.5. The van der Waals surface area contributed by atoms with Crippen molar-refractivity contribution >= 4 is 46.1 Å². The minimum absolute atomic E-state index is 0.109. The van der Waals surface area contributed by atoms with Crippen molar-refractivity contribution in [1.82, 2.24) is 9.55 Å². The van der Waals surface area contributed by atoms with Crippen LogP contribution in [-0.2, 0) is 9.53 Å². The van der Waals surface area contributed by atoms with Gasteiger partial charge >= 0.3 is 5.97 Å². The van der Waals surface area contributed by atoms with Gasteiger partial charge in [-0.3, -0.25) is 9.59 Å². The molecule has 1 aliphatic rings. The minimum Gasteiger partial charge on any atom is -0.456 e. The van der Waals surface area contributed by atoms with Crippen LogP contribution >= 0.6 is 23.4 Å². The summed E-state index contributed by atoms with van der Waals surface area (Å²) in [6, 6.07) is 9.02. The van der Waals surface area contributed by atoms with Crippen LogP contribution in [0.3, 0.4) is 0 Å². The normalized spacial score (nSPS) is 18.3. The number of nitrogens with zero attached hydrogens (tertiary/aromatic N) is 2. The van der Waals surface area contributed by atoms with Gasteiger partial charge in [-0.2, -0.15) is 0 Å². The Kier molecular flexibility index (Phi) is 5.89. The van der Waals surface area contributed by atoms with Crippen molar-refractivity contribution in [2.24, 2.45) is 0 Å². The summed E-state index contributed by atoms with van der Waals surface area (Å²) in [5.41, 5.74) is 2.66. The van der Waals surface area contributed by atoms with Crippen molar-refractivity contribution in [3.63, 3.8) is 0 Å². The molecule has 2 aromatic heterocycles. The van der Waals surface area contributed by atoms with Crippen molar-refractivity contribution < 1.29 is 14.3 Å². The van der Waals surface area contributed by atoms with Crippen LogP contribution in [0.1, 0.15) is 66.9 Å². The lowest BCUT2D eigenvalue weighted by atomic mass is 9.93. The predicted octanol–water partition coefficient (Wildman–Crippen LogP) is 5.99. The first-order valence-corrected chi connectivity index (χ1v) is 11.6. The maximum atomic E-state index is 13.8. The number of benzene rings is 1. The highest BCUT2D eigenvalue weighted by Gasteiger charge is 2.37. The second kappa shape index (κ2) is 8.44. The van der Waals surface area contributed by atoms with Gasteiger partial charge in [0.25, 0.3) is 0 Å². The molecular weight excluding hydrogens is 420 g/mol. The van der Waals surface area contributed by atoms with Crippen molar-refractivity contribution in [3.8, 4) is 0 Å². The van der Waals surface area contributed by atoms with Crippen LogP contribution in [0.5, 0.6) is 0 Å². The van der Waals surface area contributed by atoms with Crippen molar-refractivity contribution in [2.75, 3.05) is 6.26 Å². The number of pyridine rings is 1. The minimum atomic E-state index is -0.472. The van der Waals surface area contributed by atoms with E-state index in [0.29, 0.717) is 22.6 Å². The summed E-state index contributed by atoms with van der Waals surface area (Å²) in [6.07, 6.45) is 5.75. The number of ketones is 1. The molecule has 5 nitrogen and oxygen atoms in total. The summed E-state index contributed by atoms with van der Waals surface area (Å²) >= 11 is 7.61. The molecule has 30 heavy (non-hydrogen) atoms. The van der Waals surface area contributed by atoms with Crippen LogP contribution in [0.4, 0.5) is 0 Å². The zero-order valence-corrected chi connectivity index (χ0v) is 18.7. The standard InChI is InChI=1S/C23H23ClN2O3S/c1-4-16-9-10-17(29-13(2)27)21-20(22(28)14-5-7-15(24)8-6-14)19-18(30-3)11-12-25-23(19)26(16)21/h5-8,11-12,16-17H,4,9-10H2,1-3H3. The number of thioether (sulfide) groups is 1. The third kappa shape index (κ3) is 3.52. The first kappa shape index (κ1) is 20.9. The summed E-state index contributed by atoms with van der Waals surface area (Å²) in [5, 5.41) is 1.41. The zero-order valence-electron chi connectivity index (χ0n) is 17.1. The molecule has 0 spiro atoms. The summed E-state index contributed by atoms with van der Waals surface area (Å²) < 4.78 is 7.83. The van der Waals surface area contributed by atoms with Gasteiger partial charge in [0, 0.05) is 40.0 Å². The predicted molar refractivity (Wildman–Crippen MR) is 119 cm³/mol. The first-order valence-electron chi connectivity index (χ1n) is 10.0. The molecule has 7 heteroatoms. The van der Waals surface area contributed by atoms with E-state index >= 15 is 0 Å². The molecule has 2 unspecified atom stereocenters. The lowest BCUT2D eigenvalue weighted by Gasteiger charge is -2.31. The van der Waals surface area contributed by atoms with Gasteiger partial charge in [0.2, 0.25) is 0 Å². The lowest BCUT2D eigenvalue weighted by Crippen LogP contribution is -2.25. The summed E-state index contributed by atoms with van der Waals surface area (Å²) in [6.45, 7) is 3.54. The molecule has 156 valence electrons. The fourth-order valence-corrected chi connectivity index (χ4v) is 5.08. The number of esters is 1. The Morgan fingerprint density at radius 2 is 1.97 bits per heavy atom.